The number of carbonyl (C=O) groups is 1. The Morgan fingerprint density at radius 1 is 1.38 bits per heavy atom. The van der Waals surface area contributed by atoms with Crippen molar-refractivity contribution in [2.24, 2.45) is 5.10 Å². The van der Waals surface area contributed by atoms with E-state index >= 15 is 0 Å². The summed E-state index contributed by atoms with van der Waals surface area (Å²) in [7, 11) is 1.54. The van der Waals surface area contributed by atoms with Crippen LogP contribution in [-0.4, -0.2) is 35.9 Å². The molecule has 0 saturated carbocycles. The molecule has 1 amide bonds. The monoisotopic (exact) mass is 423 g/mol. The Kier molecular flexibility index (Phi) is 6.50. The highest BCUT2D eigenvalue weighted by atomic mass is 79.9. The summed E-state index contributed by atoms with van der Waals surface area (Å²) >= 11 is 3.30. The summed E-state index contributed by atoms with van der Waals surface area (Å²) in [5.74, 6) is 0.132. The fourth-order valence-corrected chi connectivity index (χ4v) is 2.32. The second-order valence-electron chi connectivity index (χ2n) is 4.88. The van der Waals surface area contributed by atoms with E-state index in [4.69, 9.17) is 9.47 Å². The molecule has 0 aromatic heterocycles. The summed E-state index contributed by atoms with van der Waals surface area (Å²) in [4.78, 5) is 21.8. The number of carbonyl (C=O) groups excluding carboxylic acids is 1. The predicted octanol–water partition coefficient (Wildman–Crippen LogP) is 2.60. The maximum absolute atomic E-state index is 11.7. The SMILES string of the molecule is COc1ccc(OCC(=O)N/N=C\c2ccc(O)c([N+](=O)[O-])c2)c(Br)c1. The van der Waals surface area contributed by atoms with Gasteiger partial charge in [-0.3, -0.25) is 14.9 Å². The van der Waals surface area contributed by atoms with Gasteiger partial charge in [0, 0.05) is 11.6 Å². The third-order valence-corrected chi connectivity index (χ3v) is 3.72. The van der Waals surface area contributed by atoms with Gasteiger partial charge in [-0.15, -0.1) is 0 Å². The van der Waals surface area contributed by atoms with Gasteiger partial charge in [-0.1, -0.05) is 0 Å². The van der Waals surface area contributed by atoms with E-state index < -0.39 is 22.3 Å². The predicted molar refractivity (Wildman–Crippen MR) is 96.7 cm³/mol. The lowest BCUT2D eigenvalue weighted by Crippen LogP contribution is -2.24. The quantitative estimate of drug-likeness (QED) is 0.400. The molecule has 0 aliphatic rings. The molecule has 10 heteroatoms. The molecule has 2 N–H and O–H groups in total. The lowest BCUT2D eigenvalue weighted by molar-refractivity contribution is -0.385. The minimum absolute atomic E-state index is 0.280. The maximum atomic E-state index is 11.7. The number of nitro groups is 1. The minimum atomic E-state index is -0.716. The average molecular weight is 424 g/mol. The summed E-state index contributed by atoms with van der Waals surface area (Å²) in [5, 5.41) is 23.8. The van der Waals surface area contributed by atoms with Crippen molar-refractivity contribution in [3.63, 3.8) is 0 Å². The Morgan fingerprint density at radius 3 is 2.81 bits per heavy atom. The van der Waals surface area contributed by atoms with E-state index in [1.165, 1.54) is 25.5 Å². The van der Waals surface area contributed by atoms with E-state index in [1.807, 2.05) is 0 Å². The zero-order valence-electron chi connectivity index (χ0n) is 13.5. The number of phenols is 1. The van der Waals surface area contributed by atoms with E-state index in [0.717, 1.165) is 6.07 Å². The molecule has 0 spiro atoms. The first-order valence-corrected chi connectivity index (χ1v) is 7.95. The molecule has 0 unspecified atom stereocenters. The number of halogens is 1. The van der Waals surface area contributed by atoms with Crippen LogP contribution in [-0.2, 0) is 4.79 Å². The summed E-state index contributed by atoms with van der Waals surface area (Å²) in [6, 6.07) is 8.76. The molecule has 0 saturated heterocycles. The van der Waals surface area contributed by atoms with Gasteiger partial charge in [0.25, 0.3) is 5.91 Å². The van der Waals surface area contributed by atoms with Gasteiger partial charge in [0.2, 0.25) is 0 Å². The topological polar surface area (TPSA) is 123 Å². The number of rotatable bonds is 7. The molecular formula is C16H14BrN3O6. The molecule has 0 aliphatic carbocycles. The Labute approximate surface area is 156 Å². The normalized spacial score (nSPS) is 10.5. The van der Waals surface area contributed by atoms with E-state index in [0.29, 0.717) is 21.5 Å². The first-order chi connectivity index (χ1) is 12.4. The molecule has 9 nitrogen and oxygen atoms in total. The summed E-state index contributed by atoms with van der Waals surface area (Å²) < 4.78 is 11.0. The molecule has 0 heterocycles. The molecule has 0 aliphatic heterocycles. The highest BCUT2D eigenvalue weighted by Crippen LogP contribution is 2.29. The number of phenolic OH excluding ortho intramolecular Hbond substituents is 1. The first-order valence-electron chi connectivity index (χ1n) is 7.16. The minimum Gasteiger partial charge on any atom is -0.502 e. The number of amides is 1. The maximum Gasteiger partial charge on any atom is 0.311 e. The molecule has 0 atom stereocenters. The van der Waals surface area contributed by atoms with Crippen molar-refractivity contribution >= 4 is 33.7 Å². The van der Waals surface area contributed by atoms with E-state index in [-0.39, 0.29) is 6.61 Å². The van der Waals surface area contributed by atoms with Crippen molar-refractivity contribution in [3.8, 4) is 17.2 Å². The largest absolute Gasteiger partial charge is 0.502 e. The number of hydrogen-bond acceptors (Lipinski definition) is 7. The van der Waals surface area contributed by atoms with Crippen LogP contribution in [0.25, 0.3) is 0 Å². The van der Waals surface area contributed by atoms with Crippen molar-refractivity contribution in [1.29, 1.82) is 0 Å². The number of ether oxygens (including phenoxy) is 2. The van der Waals surface area contributed by atoms with Crippen LogP contribution in [0.1, 0.15) is 5.56 Å². The average Bonchev–Trinajstić information content (AvgIpc) is 2.61. The number of hydrogen-bond donors (Lipinski definition) is 2. The summed E-state index contributed by atoms with van der Waals surface area (Å²) in [5.41, 5.74) is 2.13. The van der Waals surface area contributed by atoms with Gasteiger partial charge in [0.1, 0.15) is 11.5 Å². The van der Waals surface area contributed by atoms with Gasteiger partial charge in [-0.25, -0.2) is 5.43 Å². The van der Waals surface area contributed by atoms with Crippen LogP contribution in [0.2, 0.25) is 0 Å². The van der Waals surface area contributed by atoms with Gasteiger partial charge >= 0.3 is 5.69 Å². The number of nitro benzene ring substituents is 1. The van der Waals surface area contributed by atoms with Gasteiger partial charge in [-0.2, -0.15) is 5.10 Å². The Bertz CT molecular complexity index is 856. The highest BCUT2D eigenvalue weighted by molar-refractivity contribution is 9.10. The van der Waals surface area contributed by atoms with Crippen molar-refractivity contribution in [2.75, 3.05) is 13.7 Å². The Morgan fingerprint density at radius 2 is 2.15 bits per heavy atom. The fourth-order valence-electron chi connectivity index (χ4n) is 1.85. The zero-order valence-corrected chi connectivity index (χ0v) is 15.1. The summed E-state index contributed by atoms with van der Waals surface area (Å²) in [6.45, 7) is -0.280. The smallest absolute Gasteiger partial charge is 0.311 e. The fraction of sp³-hybridized carbons (Fsp3) is 0.125. The molecule has 2 aromatic carbocycles. The van der Waals surface area contributed by atoms with E-state index in [2.05, 4.69) is 26.5 Å². The molecule has 2 rings (SSSR count). The molecular weight excluding hydrogens is 410 g/mol. The third-order valence-electron chi connectivity index (χ3n) is 3.10. The van der Waals surface area contributed by atoms with Gasteiger partial charge in [0.05, 0.1) is 22.7 Å². The lowest BCUT2D eigenvalue weighted by Gasteiger charge is -2.08. The third kappa shape index (κ3) is 5.18. The Hall–Kier alpha value is -3.14. The molecule has 136 valence electrons. The van der Waals surface area contributed by atoms with Crippen LogP contribution in [0, 0.1) is 10.1 Å². The molecule has 0 fully saturated rings. The van der Waals surface area contributed by atoms with Gasteiger partial charge < -0.3 is 14.6 Å². The van der Waals surface area contributed by atoms with Crippen molar-refractivity contribution in [1.82, 2.24) is 5.43 Å². The molecule has 26 heavy (non-hydrogen) atoms. The number of benzene rings is 2. The number of methoxy groups -OCH3 is 1. The second kappa shape index (κ2) is 8.81. The van der Waals surface area contributed by atoms with Gasteiger partial charge in [0.15, 0.2) is 12.4 Å². The number of nitrogens with zero attached hydrogens (tertiary/aromatic N) is 2. The molecule has 2 aromatic rings. The number of aromatic hydroxyl groups is 1. The first kappa shape index (κ1) is 19.2. The number of nitrogens with one attached hydrogen (secondary N) is 1. The van der Waals surface area contributed by atoms with Crippen LogP contribution >= 0.6 is 15.9 Å². The van der Waals surface area contributed by atoms with Crippen LogP contribution in [0.3, 0.4) is 0 Å². The van der Waals surface area contributed by atoms with Crippen molar-refractivity contribution in [3.05, 3.63) is 56.5 Å². The van der Waals surface area contributed by atoms with E-state index in [9.17, 15) is 20.0 Å². The second-order valence-corrected chi connectivity index (χ2v) is 5.74. The van der Waals surface area contributed by atoms with Crippen molar-refractivity contribution in [2.45, 2.75) is 0 Å². The van der Waals surface area contributed by atoms with E-state index in [1.54, 1.807) is 18.2 Å². The van der Waals surface area contributed by atoms with Crippen LogP contribution < -0.4 is 14.9 Å². The Balaban J connectivity index is 1.90. The van der Waals surface area contributed by atoms with Crippen LogP contribution in [0.5, 0.6) is 17.2 Å². The highest BCUT2D eigenvalue weighted by Gasteiger charge is 2.12. The van der Waals surface area contributed by atoms with Crippen molar-refractivity contribution < 1.29 is 24.3 Å². The zero-order chi connectivity index (χ0) is 19.1. The summed E-state index contributed by atoms with van der Waals surface area (Å²) in [6.07, 6.45) is 1.22. The van der Waals surface area contributed by atoms with Gasteiger partial charge in [-0.05, 0) is 46.3 Å². The molecule has 0 radical (unpaired) electrons. The van der Waals surface area contributed by atoms with Crippen LogP contribution in [0.4, 0.5) is 5.69 Å². The lowest BCUT2D eigenvalue weighted by atomic mass is 10.2. The van der Waals surface area contributed by atoms with Crippen LogP contribution in [0.15, 0.2) is 46.0 Å². The number of hydrazone groups is 1. The molecule has 0 bridgehead atoms. The standard InChI is InChI=1S/C16H14BrN3O6/c1-25-11-3-5-15(12(17)7-11)26-9-16(22)19-18-8-10-2-4-14(21)13(6-10)20(23)24/h2-8,21H,9H2,1H3,(H,19,22)/b18-8-.